The Kier molecular flexibility index (Phi) is 7.40. The number of hydrogen-bond acceptors (Lipinski definition) is 8. The van der Waals surface area contributed by atoms with Crippen LogP contribution in [0.1, 0.15) is 11.4 Å². The average Bonchev–Trinajstić information content (AvgIpc) is 3.55. The van der Waals surface area contributed by atoms with E-state index in [1.165, 1.54) is 28.2 Å². The van der Waals surface area contributed by atoms with E-state index in [0.29, 0.717) is 12.2 Å². The van der Waals surface area contributed by atoms with Gasteiger partial charge in [0, 0.05) is 61.5 Å². The number of halogens is 3. The number of benzene rings is 2. The summed E-state index contributed by atoms with van der Waals surface area (Å²) < 4.78 is 29.5. The fraction of sp³-hybridized carbons (Fsp3) is 0.375. The number of rotatable bonds is 9. The van der Waals surface area contributed by atoms with E-state index in [1.54, 1.807) is 0 Å². The molecule has 0 spiro atoms. The molecule has 3 heterocycles. The van der Waals surface area contributed by atoms with E-state index >= 15 is 0 Å². The minimum Gasteiger partial charge on any atom is -0.381 e. The number of tetrazole rings is 1. The van der Waals surface area contributed by atoms with Crippen LogP contribution in [0.15, 0.2) is 55.1 Å². The zero-order chi connectivity index (χ0) is 25.8. The van der Waals surface area contributed by atoms with Crippen LogP contribution in [0.3, 0.4) is 0 Å². The largest absolute Gasteiger partial charge is 0.381 e. The molecule has 5 rings (SSSR count). The summed E-state index contributed by atoms with van der Waals surface area (Å²) in [6.07, 6.45) is 3.28. The molecule has 0 amide bonds. The first-order valence-electron chi connectivity index (χ1n) is 11.9. The van der Waals surface area contributed by atoms with Crippen LogP contribution in [0, 0.1) is 11.6 Å². The molecule has 13 heteroatoms. The third-order valence-corrected chi connectivity index (χ3v) is 6.65. The summed E-state index contributed by atoms with van der Waals surface area (Å²) >= 11 is 6.12. The Hall–Kier alpha value is -3.48. The number of aromatic nitrogens is 7. The van der Waals surface area contributed by atoms with Gasteiger partial charge in [-0.05, 0) is 29.5 Å². The molecule has 1 N–H and O–H groups in total. The molecule has 1 aliphatic rings. The molecule has 0 radical (unpaired) electrons. The third-order valence-electron chi connectivity index (χ3n) is 6.42. The van der Waals surface area contributed by atoms with Crippen molar-refractivity contribution in [1.29, 1.82) is 0 Å². The number of nitrogens with zero attached hydrogens (tertiary/aromatic N) is 9. The molecule has 1 saturated heterocycles. The van der Waals surface area contributed by atoms with Crippen molar-refractivity contribution in [2.45, 2.75) is 25.1 Å². The summed E-state index contributed by atoms with van der Waals surface area (Å²) in [6.45, 7) is 3.97. The maximum absolute atomic E-state index is 14.6. The quantitative estimate of drug-likeness (QED) is 0.352. The van der Waals surface area contributed by atoms with E-state index in [4.69, 9.17) is 11.6 Å². The molecule has 2 aromatic heterocycles. The van der Waals surface area contributed by atoms with Gasteiger partial charge in [-0.3, -0.25) is 4.90 Å². The summed E-state index contributed by atoms with van der Waals surface area (Å²) in [6, 6.07) is 10.9. The van der Waals surface area contributed by atoms with Crippen LogP contribution in [0.2, 0.25) is 5.02 Å². The average molecular weight is 530 g/mol. The lowest BCUT2D eigenvalue weighted by Crippen LogP contribution is -2.47. The van der Waals surface area contributed by atoms with Crippen LogP contribution < -0.4 is 4.90 Å². The van der Waals surface area contributed by atoms with Crippen molar-refractivity contribution in [3.63, 3.8) is 0 Å². The summed E-state index contributed by atoms with van der Waals surface area (Å²) in [7, 11) is 0. The highest BCUT2D eigenvalue weighted by atomic mass is 35.5. The summed E-state index contributed by atoms with van der Waals surface area (Å²) in [4.78, 5) is 9.73. The van der Waals surface area contributed by atoms with Gasteiger partial charge in [0.1, 0.15) is 29.9 Å². The molecule has 194 valence electrons. The lowest BCUT2D eigenvalue weighted by atomic mass is 9.93. The highest BCUT2D eigenvalue weighted by Gasteiger charge is 2.35. The van der Waals surface area contributed by atoms with E-state index in [1.807, 2.05) is 18.2 Å². The number of aliphatic hydroxyl groups is 1. The Morgan fingerprint density at radius 1 is 1.03 bits per heavy atom. The molecular formula is C24H26ClF2N9O. The van der Waals surface area contributed by atoms with Crippen LogP contribution in [-0.4, -0.2) is 77.7 Å². The first kappa shape index (κ1) is 25.2. The zero-order valence-electron chi connectivity index (χ0n) is 20.0. The zero-order valence-corrected chi connectivity index (χ0v) is 20.7. The predicted molar refractivity (Wildman–Crippen MR) is 132 cm³/mol. The predicted octanol–water partition coefficient (Wildman–Crippen LogP) is 2.15. The highest BCUT2D eigenvalue weighted by Crippen LogP contribution is 2.28. The van der Waals surface area contributed by atoms with Gasteiger partial charge in [-0.1, -0.05) is 23.7 Å². The molecule has 1 fully saturated rings. The van der Waals surface area contributed by atoms with Crippen molar-refractivity contribution in [3.05, 3.63) is 83.2 Å². The summed E-state index contributed by atoms with van der Waals surface area (Å²) in [5.74, 6) is -1.10. The van der Waals surface area contributed by atoms with Gasteiger partial charge in [-0.2, -0.15) is 9.90 Å². The Balaban J connectivity index is 1.21. The molecular weight excluding hydrogens is 504 g/mol. The van der Waals surface area contributed by atoms with Crippen LogP contribution in [0.5, 0.6) is 0 Å². The molecule has 0 aliphatic carbocycles. The minimum absolute atomic E-state index is 0.0965. The van der Waals surface area contributed by atoms with Crippen LogP contribution >= 0.6 is 11.6 Å². The molecule has 0 bridgehead atoms. The molecule has 2 aromatic carbocycles. The van der Waals surface area contributed by atoms with Crippen molar-refractivity contribution < 1.29 is 13.9 Å². The van der Waals surface area contributed by atoms with Crippen molar-refractivity contribution >= 4 is 17.3 Å². The molecule has 1 aliphatic heterocycles. The van der Waals surface area contributed by atoms with Gasteiger partial charge in [0.2, 0.25) is 0 Å². The third kappa shape index (κ3) is 6.09. The van der Waals surface area contributed by atoms with Crippen molar-refractivity contribution in [2.75, 3.05) is 37.6 Å². The van der Waals surface area contributed by atoms with E-state index < -0.39 is 17.2 Å². The first-order valence-corrected chi connectivity index (χ1v) is 12.3. The Labute approximate surface area is 217 Å². The second-order valence-corrected chi connectivity index (χ2v) is 9.48. The lowest BCUT2D eigenvalue weighted by Gasteiger charge is -2.36. The molecule has 1 unspecified atom stereocenters. The topological polar surface area (TPSA) is 101 Å². The van der Waals surface area contributed by atoms with Crippen molar-refractivity contribution in [3.8, 4) is 0 Å². The smallest absolute Gasteiger partial charge is 0.176 e. The Morgan fingerprint density at radius 2 is 1.86 bits per heavy atom. The Morgan fingerprint density at radius 3 is 2.59 bits per heavy atom. The first-order chi connectivity index (χ1) is 17.9. The fourth-order valence-electron chi connectivity index (χ4n) is 4.51. The van der Waals surface area contributed by atoms with Crippen molar-refractivity contribution in [1.82, 2.24) is 39.9 Å². The van der Waals surface area contributed by atoms with E-state index in [2.05, 4.69) is 41.4 Å². The monoisotopic (exact) mass is 529 g/mol. The SMILES string of the molecule is OC(Cn1cncn1)(Cn1nnc(CCN2CCN(c3cccc(Cl)c3)CC2)n1)c1ccc(F)cc1F. The number of piperazine rings is 1. The maximum atomic E-state index is 14.6. The number of anilines is 1. The van der Waals surface area contributed by atoms with E-state index in [-0.39, 0.29) is 18.7 Å². The molecule has 37 heavy (non-hydrogen) atoms. The molecule has 1 atom stereocenters. The van der Waals surface area contributed by atoms with Gasteiger partial charge in [-0.25, -0.2) is 18.4 Å². The lowest BCUT2D eigenvalue weighted by molar-refractivity contribution is -0.0125. The highest BCUT2D eigenvalue weighted by molar-refractivity contribution is 6.30. The van der Waals surface area contributed by atoms with E-state index in [9.17, 15) is 13.9 Å². The van der Waals surface area contributed by atoms with Gasteiger partial charge in [0.25, 0.3) is 0 Å². The molecule has 0 saturated carbocycles. The van der Waals surface area contributed by atoms with E-state index in [0.717, 1.165) is 55.6 Å². The Bertz CT molecular complexity index is 1330. The van der Waals surface area contributed by atoms with Crippen LogP contribution in [0.4, 0.5) is 14.5 Å². The summed E-state index contributed by atoms with van der Waals surface area (Å²) in [5.41, 5.74) is -0.798. The minimum atomic E-state index is -1.82. The molecule has 10 nitrogen and oxygen atoms in total. The number of hydrogen-bond donors (Lipinski definition) is 1. The van der Waals surface area contributed by atoms with Gasteiger partial charge in [0.05, 0.1) is 13.1 Å². The van der Waals surface area contributed by atoms with Crippen LogP contribution in [-0.2, 0) is 25.1 Å². The normalized spacial score (nSPS) is 16.2. The summed E-state index contributed by atoms with van der Waals surface area (Å²) in [5, 5.41) is 28.8. The second-order valence-electron chi connectivity index (χ2n) is 9.04. The van der Waals surface area contributed by atoms with Gasteiger partial charge < -0.3 is 10.0 Å². The van der Waals surface area contributed by atoms with Gasteiger partial charge >= 0.3 is 0 Å². The second kappa shape index (κ2) is 10.9. The van der Waals surface area contributed by atoms with Crippen LogP contribution in [0.25, 0.3) is 0 Å². The maximum Gasteiger partial charge on any atom is 0.176 e. The van der Waals surface area contributed by atoms with Gasteiger partial charge in [-0.15, -0.1) is 10.2 Å². The fourth-order valence-corrected chi connectivity index (χ4v) is 4.69. The standard InChI is InChI=1S/C24H26ClF2N9O/c25-18-2-1-3-20(12-18)34-10-8-33(9-11-34)7-6-23-30-32-36(31-23)15-24(37,14-35-17-28-16-29-35)21-5-4-19(26)13-22(21)27/h1-5,12-13,16-17,37H,6-11,14-15H2. The van der Waals surface area contributed by atoms with Crippen molar-refractivity contribution in [2.24, 2.45) is 0 Å². The van der Waals surface area contributed by atoms with Gasteiger partial charge in [0.15, 0.2) is 5.82 Å². The molecule has 4 aromatic rings.